The molecule has 1 aromatic heterocycles. The van der Waals surface area contributed by atoms with Gasteiger partial charge in [-0.1, -0.05) is 31.4 Å². The molecule has 2 aliphatic rings. The van der Waals surface area contributed by atoms with Crippen molar-refractivity contribution in [1.29, 1.82) is 0 Å². The van der Waals surface area contributed by atoms with E-state index in [-0.39, 0.29) is 18.3 Å². The SMILES string of the molecule is O=C(Cn1nnc(-c2cccc(F)c2)n1)N1CC[C@@H]2CCCC[C@H]2C1. The van der Waals surface area contributed by atoms with Crippen LogP contribution in [0.25, 0.3) is 11.4 Å². The Kier molecular flexibility index (Phi) is 4.46. The molecule has 0 unspecified atom stereocenters. The molecule has 2 atom stereocenters. The minimum atomic E-state index is -0.347. The molecular weight excluding hydrogens is 321 g/mol. The molecule has 1 aliphatic heterocycles. The van der Waals surface area contributed by atoms with E-state index in [2.05, 4.69) is 15.4 Å². The highest BCUT2D eigenvalue weighted by Crippen LogP contribution is 2.36. The molecule has 2 heterocycles. The number of hydrogen-bond donors (Lipinski definition) is 0. The van der Waals surface area contributed by atoms with E-state index in [1.807, 2.05) is 4.90 Å². The summed E-state index contributed by atoms with van der Waals surface area (Å²) in [6.45, 7) is 1.76. The Hall–Kier alpha value is -2.31. The van der Waals surface area contributed by atoms with Crippen LogP contribution in [0.4, 0.5) is 4.39 Å². The van der Waals surface area contributed by atoms with Crippen molar-refractivity contribution in [1.82, 2.24) is 25.1 Å². The molecule has 2 aromatic rings. The Morgan fingerprint density at radius 2 is 2.04 bits per heavy atom. The van der Waals surface area contributed by atoms with E-state index < -0.39 is 0 Å². The Bertz CT molecular complexity index is 761. The van der Waals surface area contributed by atoms with Gasteiger partial charge in [0.05, 0.1) is 0 Å². The summed E-state index contributed by atoms with van der Waals surface area (Å²) in [5, 5.41) is 12.1. The second-order valence-electron chi connectivity index (χ2n) is 7.09. The predicted octanol–water partition coefficient (Wildman–Crippen LogP) is 2.52. The van der Waals surface area contributed by atoms with Crippen molar-refractivity contribution in [2.24, 2.45) is 11.8 Å². The lowest BCUT2D eigenvalue weighted by atomic mass is 9.75. The maximum Gasteiger partial charge on any atom is 0.246 e. The van der Waals surface area contributed by atoms with Gasteiger partial charge in [0, 0.05) is 18.7 Å². The maximum atomic E-state index is 13.3. The maximum absolute atomic E-state index is 13.3. The smallest absolute Gasteiger partial charge is 0.246 e. The molecule has 7 heteroatoms. The van der Waals surface area contributed by atoms with Gasteiger partial charge in [-0.2, -0.15) is 4.80 Å². The molecular formula is C18H22FN5O. The van der Waals surface area contributed by atoms with Gasteiger partial charge in [0.25, 0.3) is 0 Å². The van der Waals surface area contributed by atoms with Gasteiger partial charge in [-0.05, 0) is 42.0 Å². The van der Waals surface area contributed by atoms with Crippen molar-refractivity contribution in [2.75, 3.05) is 13.1 Å². The average molecular weight is 343 g/mol. The lowest BCUT2D eigenvalue weighted by Crippen LogP contribution is -2.46. The number of fused-ring (bicyclic) bond motifs is 1. The van der Waals surface area contributed by atoms with E-state index in [0.29, 0.717) is 17.3 Å². The van der Waals surface area contributed by atoms with Crippen molar-refractivity contribution in [3.8, 4) is 11.4 Å². The van der Waals surface area contributed by atoms with Crippen LogP contribution in [0.5, 0.6) is 0 Å². The number of likely N-dealkylation sites (tertiary alicyclic amines) is 1. The Morgan fingerprint density at radius 3 is 2.88 bits per heavy atom. The number of rotatable bonds is 3. The number of amides is 1. The lowest BCUT2D eigenvalue weighted by Gasteiger charge is -2.41. The van der Waals surface area contributed by atoms with E-state index in [9.17, 15) is 9.18 Å². The van der Waals surface area contributed by atoms with Gasteiger partial charge in [0.2, 0.25) is 11.7 Å². The Balaban J connectivity index is 1.40. The normalized spacial score (nSPS) is 23.3. The Morgan fingerprint density at radius 1 is 1.20 bits per heavy atom. The minimum absolute atomic E-state index is 0.0345. The highest BCUT2D eigenvalue weighted by atomic mass is 19.1. The molecule has 0 radical (unpaired) electrons. The summed E-state index contributed by atoms with van der Waals surface area (Å²) < 4.78 is 13.3. The fraction of sp³-hybridized carbons (Fsp3) is 0.556. The molecule has 1 saturated carbocycles. The van der Waals surface area contributed by atoms with Crippen LogP contribution in [0.2, 0.25) is 0 Å². The average Bonchev–Trinajstić information content (AvgIpc) is 3.10. The molecule has 25 heavy (non-hydrogen) atoms. The van der Waals surface area contributed by atoms with Crippen LogP contribution >= 0.6 is 0 Å². The second kappa shape index (κ2) is 6.90. The number of halogens is 1. The van der Waals surface area contributed by atoms with Crippen molar-refractivity contribution in [3.63, 3.8) is 0 Å². The molecule has 6 nitrogen and oxygen atoms in total. The zero-order valence-electron chi connectivity index (χ0n) is 14.1. The minimum Gasteiger partial charge on any atom is -0.341 e. The largest absolute Gasteiger partial charge is 0.341 e. The van der Waals surface area contributed by atoms with Crippen LogP contribution in [0.3, 0.4) is 0 Å². The third-order valence-corrected chi connectivity index (χ3v) is 5.46. The molecule has 0 bridgehead atoms. The third-order valence-electron chi connectivity index (χ3n) is 5.46. The highest BCUT2D eigenvalue weighted by molar-refractivity contribution is 5.76. The first-order valence-electron chi connectivity index (χ1n) is 9.00. The van der Waals surface area contributed by atoms with Crippen LogP contribution in [-0.2, 0) is 11.3 Å². The van der Waals surface area contributed by atoms with Gasteiger partial charge in [0.15, 0.2) is 0 Å². The molecule has 0 spiro atoms. The van der Waals surface area contributed by atoms with Gasteiger partial charge in [-0.3, -0.25) is 4.79 Å². The summed E-state index contributed by atoms with van der Waals surface area (Å²) in [4.78, 5) is 15.8. The van der Waals surface area contributed by atoms with Crippen LogP contribution in [0.15, 0.2) is 24.3 Å². The van der Waals surface area contributed by atoms with Crippen molar-refractivity contribution in [3.05, 3.63) is 30.1 Å². The number of carbonyl (C=O) groups excluding carboxylic acids is 1. The van der Waals surface area contributed by atoms with E-state index >= 15 is 0 Å². The molecule has 4 rings (SSSR count). The number of piperidine rings is 1. The molecule has 1 saturated heterocycles. The number of nitrogens with zero attached hydrogens (tertiary/aromatic N) is 5. The summed E-state index contributed by atoms with van der Waals surface area (Å²) in [6.07, 6.45) is 6.27. The molecule has 132 valence electrons. The summed E-state index contributed by atoms with van der Waals surface area (Å²) in [7, 11) is 0. The number of aromatic nitrogens is 4. The van der Waals surface area contributed by atoms with E-state index in [1.54, 1.807) is 12.1 Å². The van der Waals surface area contributed by atoms with Gasteiger partial charge < -0.3 is 4.90 Å². The number of hydrogen-bond acceptors (Lipinski definition) is 4. The molecule has 0 N–H and O–H groups in total. The number of tetrazole rings is 1. The van der Waals surface area contributed by atoms with E-state index in [4.69, 9.17) is 0 Å². The number of benzene rings is 1. The van der Waals surface area contributed by atoms with E-state index in [1.165, 1.54) is 42.6 Å². The first kappa shape index (κ1) is 16.2. The Labute approximate surface area is 146 Å². The number of carbonyl (C=O) groups is 1. The predicted molar refractivity (Wildman–Crippen MR) is 89.9 cm³/mol. The summed E-state index contributed by atoms with van der Waals surface area (Å²) in [5.74, 6) is 1.46. The monoisotopic (exact) mass is 343 g/mol. The zero-order valence-corrected chi connectivity index (χ0v) is 14.1. The van der Waals surface area contributed by atoms with Crippen LogP contribution in [0.1, 0.15) is 32.1 Å². The quantitative estimate of drug-likeness (QED) is 0.859. The van der Waals surface area contributed by atoms with Gasteiger partial charge in [-0.15, -0.1) is 10.2 Å². The third kappa shape index (κ3) is 3.55. The first-order valence-corrected chi connectivity index (χ1v) is 9.00. The highest BCUT2D eigenvalue weighted by Gasteiger charge is 2.33. The molecule has 1 aromatic carbocycles. The standard InChI is InChI=1S/C18H22FN5O/c19-16-7-3-6-14(10-16)18-20-22-24(21-18)12-17(25)23-9-8-13-4-1-2-5-15(13)11-23/h3,6-7,10,13,15H,1-2,4-5,8-9,11-12H2/t13-,15-/m0/s1. The molecule has 1 amide bonds. The summed E-state index contributed by atoms with van der Waals surface area (Å²) in [5.41, 5.74) is 0.557. The van der Waals surface area contributed by atoms with Gasteiger partial charge in [0.1, 0.15) is 12.4 Å². The van der Waals surface area contributed by atoms with Gasteiger partial charge >= 0.3 is 0 Å². The lowest BCUT2D eigenvalue weighted by molar-refractivity contribution is -0.135. The summed E-state index contributed by atoms with van der Waals surface area (Å²) in [6, 6.07) is 6.05. The van der Waals surface area contributed by atoms with Crippen molar-refractivity contribution < 1.29 is 9.18 Å². The fourth-order valence-corrected chi connectivity index (χ4v) is 4.10. The van der Waals surface area contributed by atoms with Crippen LogP contribution < -0.4 is 0 Å². The van der Waals surface area contributed by atoms with E-state index in [0.717, 1.165) is 25.4 Å². The summed E-state index contributed by atoms with van der Waals surface area (Å²) >= 11 is 0. The first-order chi connectivity index (χ1) is 12.2. The van der Waals surface area contributed by atoms with Crippen molar-refractivity contribution >= 4 is 5.91 Å². The molecule has 2 fully saturated rings. The second-order valence-corrected chi connectivity index (χ2v) is 7.09. The van der Waals surface area contributed by atoms with Crippen molar-refractivity contribution in [2.45, 2.75) is 38.6 Å². The fourth-order valence-electron chi connectivity index (χ4n) is 4.10. The van der Waals surface area contributed by atoms with Gasteiger partial charge in [-0.25, -0.2) is 4.39 Å². The zero-order chi connectivity index (χ0) is 17.2. The van der Waals surface area contributed by atoms with Crippen LogP contribution in [0, 0.1) is 17.7 Å². The topological polar surface area (TPSA) is 63.9 Å². The van der Waals surface area contributed by atoms with Crippen LogP contribution in [-0.4, -0.2) is 44.1 Å². The molecule has 1 aliphatic carbocycles.